The summed E-state index contributed by atoms with van der Waals surface area (Å²) < 4.78 is 0. The second-order valence-corrected chi connectivity index (χ2v) is 4.12. The van der Waals surface area contributed by atoms with Crippen molar-refractivity contribution < 1.29 is 4.79 Å². The first-order valence-corrected chi connectivity index (χ1v) is 5.45. The fraction of sp³-hybridized carbons (Fsp3) is 0.462. The summed E-state index contributed by atoms with van der Waals surface area (Å²) in [5.74, 6) is 0.00996. The highest BCUT2D eigenvalue weighted by Gasteiger charge is 2.07. The molecule has 15 heavy (non-hydrogen) atoms. The lowest BCUT2D eigenvalue weighted by molar-refractivity contribution is 0.0943. The maximum absolute atomic E-state index is 11.7. The van der Waals surface area contributed by atoms with Crippen LogP contribution in [0.25, 0.3) is 0 Å². The number of carbonyl (C=O) groups excluding carboxylic acids is 1. The average molecular weight is 205 g/mol. The molecule has 0 saturated carbocycles. The van der Waals surface area contributed by atoms with E-state index in [2.05, 4.69) is 12.2 Å². The van der Waals surface area contributed by atoms with Gasteiger partial charge in [-0.15, -0.1) is 0 Å². The molecule has 0 bridgehead atoms. The van der Waals surface area contributed by atoms with Crippen LogP contribution in [0.15, 0.2) is 18.2 Å². The van der Waals surface area contributed by atoms with Crippen molar-refractivity contribution in [3.63, 3.8) is 0 Å². The minimum Gasteiger partial charge on any atom is -0.350 e. The van der Waals surface area contributed by atoms with E-state index in [-0.39, 0.29) is 11.9 Å². The molecule has 1 N–H and O–H groups in total. The van der Waals surface area contributed by atoms with E-state index in [9.17, 15) is 4.79 Å². The topological polar surface area (TPSA) is 29.1 Å². The monoisotopic (exact) mass is 205 g/mol. The summed E-state index contributed by atoms with van der Waals surface area (Å²) in [6, 6.07) is 6.06. The third-order valence-electron chi connectivity index (χ3n) is 2.41. The van der Waals surface area contributed by atoms with E-state index in [0.717, 1.165) is 12.0 Å². The maximum Gasteiger partial charge on any atom is 0.251 e. The number of aryl methyl sites for hydroxylation is 2. The lowest BCUT2D eigenvalue weighted by Crippen LogP contribution is -2.30. The zero-order chi connectivity index (χ0) is 11.4. The third kappa shape index (κ3) is 3.08. The van der Waals surface area contributed by atoms with Crippen molar-refractivity contribution in [1.29, 1.82) is 0 Å². The number of amides is 1. The highest BCUT2D eigenvalue weighted by molar-refractivity contribution is 5.94. The molecule has 1 aromatic carbocycles. The van der Waals surface area contributed by atoms with Crippen LogP contribution in [0, 0.1) is 6.92 Å². The maximum atomic E-state index is 11.7. The summed E-state index contributed by atoms with van der Waals surface area (Å²) in [4.78, 5) is 11.7. The van der Waals surface area contributed by atoms with Gasteiger partial charge in [-0.05, 0) is 50.5 Å². The van der Waals surface area contributed by atoms with Gasteiger partial charge in [0, 0.05) is 11.6 Å². The van der Waals surface area contributed by atoms with Gasteiger partial charge in [0.05, 0.1) is 0 Å². The normalized spacial score (nSPS) is 10.5. The molecule has 2 heteroatoms. The van der Waals surface area contributed by atoms with Crippen molar-refractivity contribution in [3.05, 3.63) is 34.9 Å². The smallest absolute Gasteiger partial charge is 0.251 e. The quantitative estimate of drug-likeness (QED) is 0.807. The van der Waals surface area contributed by atoms with Gasteiger partial charge in [-0.1, -0.05) is 13.0 Å². The van der Waals surface area contributed by atoms with Crippen LogP contribution in [0.5, 0.6) is 0 Å². The molecule has 0 aromatic heterocycles. The van der Waals surface area contributed by atoms with E-state index in [1.54, 1.807) is 0 Å². The Bertz CT molecular complexity index is 356. The second kappa shape index (κ2) is 4.96. The summed E-state index contributed by atoms with van der Waals surface area (Å²) in [7, 11) is 0. The lowest BCUT2D eigenvalue weighted by atomic mass is 10.0. The molecule has 1 amide bonds. The van der Waals surface area contributed by atoms with E-state index < -0.39 is 0 Å². The molecule has 0 spiro atoms. The second-order valence-electron chi connectivity index (χ2n) is 4.12. The zero-order valence-electron chi connectivity index (χ0n) is 9.92. The fourth-order valence-corrected chi connectivity index (χ4v) is 1.58. The predicted molar refractivity (Wildman–Crippen MR) is 63.2 cm³/mol. The zero-order valence-corrected chi connectivity index (χ0v) is 9.92. The molecular weight excluding hydrogens is 186 g/mol. The van der Waals surface area contributed by atoms with Gasteiger partial charge in [0.25, 0.3) is 5.91 Å². The Hall–Kier alpha value is -1.31. The molecule has 82 valence electrons. The van der Waals surface area contributed by atoms with Crippen LogP contribution in [-0.4, -0.2) is 11.9 Å². The number of carbonyl (C=O) groups is 1. The first kappa shape index (κ1) is 11.8. The van der Waals surface area contributed by atoms with Gasteiger partial charge in [0.1, 0.15) is 0 Å². The minimum absolute atomic E-state index is 0.00996. The fourth-order valence-electron chi connectivity index (χ4n) is 1.58. The molecule has 0 saturated heterocycles. The Morgan fingerprint density at radius 1 is 1.40 bits per heavy atom. The van der Waals surface area contributed by atoms with Crippen LogP contribution in [0.1, 0.15) is 42.3 Å². The highest BCUT2D eigenvalue weighted by atomic mass is 16.1. The van der Waals surface area contributed by atoms with Crippen molar-refractivity contribution in [2.75, 3.05) is 0 Å². The van der Waals surface area contributed by atoms with Gasteiger partial charge in [-0.2, -0.15) is 0 Å². The highest BCUT2D eigenvalue weighted by Crippen LogP contribution is 2.11. The third-order valence-corrected chi connectivity index (χ3v) is 2.41. The van der Waals surface area contributed by atoms with Crippen molar-refractivity contribution in [2.24, 2.45) is 0 Å². The SMILES string of the molecule is CCc1ccc(C(=O)NC(C)C)cc1C. The number of nitrogens with one attached hydrogen (secondary N) is 1. The number of hydrogen-bond donors (Lipinski definition) is 1. The van der Waals surface area contributed by atoms with Crippen molar-refractivity contribution in [3.8, 4) is 0 Å². The van der Waals surface area contributed by atoms with E-state index in [4.69, 9.17) is 0 Å². The lowest BCUT2D eigenvalue weighted by Gasteiger charge is -2.10. The predicted octanol–water partition coefficient (Wildman–Crippen LogP) is 2.70. The Labute approximate surface area is 91.7 Å². The minimum atomic E-state index is 0.00996. The van der Waals surface area contributed by atoms with Gasteiger partial charge in [-0.25, -0.2) is 0 Å². The van der Waals surface area contributed by atoms with E-state index in [0.29, 0.717) is 0 Å². The first-order valence-electron chi connectivity index (χ1n) is 5.45. The molecule has 0 fully saturated rings. The van der Waals surface area contributed by atoms with Gasteiger partial charge >= 0.3 is 0 Å². The summed E-state index contributed by atoms with van der Waals surface area (Å²) >= 11 is 0. The average Bonchev–Trinajstić information content (AvgIpc) is 2.16. The largest absolute Gasteiger partial charge is 0.350 e. The molecule has 2 nitrogen and oxygen atoms in total. The molecule has 0 unspecified atom stereocenters. The number of benzene rings is 1. The molecule has 0 aliphatic carbocycles. The van der Waals surface area contributed by atoms with Gasteiger partial charge < -0.3 is 5.32 Å². The molecule has 1 rings (SSSR count). The van der Waals surface area contributed by atoms with E-state index in [1.165, 1.54) is 11.1 Å². The van der Waals surface area contributed by atoms with E-state index >= 15 is 0 Å². The van der Waals surface area contributed by atoms with Crippen molar-refractivity contribution >= 4 is 5.91 Å². The summed E-state index contributed by atoms with van der Waals surface area (Å²) in [5.41, 5.74) is 3.24. The summed E-state index contributed by atoms with van der Waals surface area (Å²) in [6.07, 6.45) is 1.01. The summed E-state index contributed by atoms with van der Waals surface area (Å²) in [5, 5.41) is 2.88. The van der Waals surface area contributed by atoms with Crippen LogP contribution < -0.4 is 5.32 Å². The van der Waals surface area contributed by atoms with Crippen molar-refractivity contribution in [1.82, 2.24) is 5.32 Å². The van der Waals surface area contributed by atoms with E-state index in [1.807, 2.05) is 39.0 Å². The first-order chi connectivity index (χ1) is 7.04. The van der Waals surface area contributed by atoms with Crippen LogP contribution in [0.3, 0.4) is 0 Å². The van der Waals surface area contributed by atoms with Gasteiger partial charge in [-0.3, -0.25) is 4.79 Å². The molecular formula is C13H19NO. The Morgan fingerprint density at radius 3 is 2.53 bits per heavy atom. The summed E-state index contributed by atoms with van der Waals surface area (Å²) in [6.45, 7) is 8.09. The van der Waals surface area contributed by atoms with Gasteiger partial charge in [0.2, 0.25) is 0 Å². The molecule has 0 radical (unpaired) electrons. The van der Waals surface area contributed by atoms with Crippen LogP contribution in [-0.2, 0) is 6.42 Å². The van der Waals surface area contributed by atoms with Crippen LogP contribution in [0.4, 0.5) is 0 Å². The van der Waals surface area contributed by atoms with Gasteiger partial charge in [0.15, 0.2) is 0 Å². The molecule has 0 atom stereocenters. The number of rotatable bonds is 3. The molecule has 0 aliphatic heterocycles. The number of hydrogen-bond acceptors (Lipinski definition) is 1. The standard InChI is InChI=1S/C13H19NO/c1-5-11-6-7-12(8-10(11)4)13(15)14-9(2)3/h6-9H,5H2,1-4H3,(H,14,15). The van der Waals surface area contributed by atoms with Crippen LogP contribution in [0.2, 0.25) is 0 Å². The Balaban J connectivity index is 2.87. The molecule has 0 heterocycles. The molecule has 0 aliphatic rings. The van der Waals surface area contributed by atoms with Crippen molar-refractivity contribution in [2.45, 2.75) is 40.2 Å². The Morgan fingerprint density at radius 2 is 2.07 bits per heavy atom. The molecule has 1 aromatic rings. The Kier molecular flexibility index (Phi) is 3.89. The van der Waals surface area contributed by atoms with Crippen LogP contribution >= 0.6 is 0 Å².